The fourth-order valence-corrected chi connectivity index (χ4v) is 2.78. The zero-order valence-electron chi connectivity index (χ0n) is 10.7. The first-order valence-corrected chi connectivity index (χ1v) is 6.66. The molecule has 2 aliphatic heterocycles. The highest BCUT2D eigenvalue weighted by Crippen LogP contribution is 2.24. The van der Waals surface area contributed by atoms with Crippen LogP contribution >= 0.6 is 0 Å². The average Bonchev–Trinajstić information content (AvgIpc) is 3.00. The first-order chi connectivity index (χ1) is 9.22. The highest BCUT2D eigenvalue weighted by atomic mass is 16.6. The molecule has 2 saturated heterocycles. The van der Waals surface area contributed by atoms with Gasteiger partial charge in [-0.15, -0.1) is 0 Å². The summed E-state index contributed by atoms with van der Waals surface area (Å²) in [6.45, 7) is 3.06. The number of aromatic hydroxyl groups is 1. The second-order valence-electron chi connectivity index (χ2n) is 5.23. The lowest BCUT2D eigenvalue weighted by molar-refractivity contribution is 0.107. The van der Waals surface area contributed by atoms with E-state index in [9.17, 15) is 9.90 Å². The van der Waals surface area contributed by atoms with Gasteiger partial charge in [0.15, 0.2) is 0 Å². The molecule has 102 valence electrons. The third kappa shape index (κ3) is 2.66. The number of hydrogen-bond acceptors (Lipinski definition) is 4. The molecule has 5 nitrogen and oxygen atoms in total. The molecule has 1 aromatic carbocycles. The van der Waals surface area contributed by atoms with E-state index in [1.54, 1.807) is 23.1 Å². The van der Waals surface area contributed by atoms with Gasteiger partial charge in [0, 0.05) is 19.0 Å². The molecule has 2 aliphatic rings. The Morgan fingerprint density at radius 2 is 2.37 bits per heavy atom. The van der Waals surface area contributed by atoms with E-state index in [4.69, 9.17) is 4.74 Å². The van der Waals surface area contributed by atoms with Crippen LogP contribution in [0.25, 0.3) is 0 Å². The SMILES string of the molecule is O=C1OC(C2CCNC2)CN1Cc1cccc(O)c1. The van der Waals surface area contributed by atoms with Gasteiger partial charge in [-0.05, 0) is 30.7 Å². The van der Waals surface area contributed by atoms with Crippen LogP contribution in [-0.2, 0) is 11.3 Å². The number of amides is 1. The fourth-order valence-electron chi connectivity index (χ4n) is 2.78. The summed E-state index contributed by atoms with van der Waals surface area (Å²) >= 11 is 0. The van der Waals surface area contributed by atoms with Crippen LogP contribution in [0.5, 0.6) is 5.75 Å². The number of hydrogen-bond donors (Lipinski definition) is 2. The fraction of sp³-hybridized carbons (Fsp3) is 0.500. The number of benzene rings is 1. The number of nitrogens with one attached hydrogen (secondary N) is 1. The number of ether oxygens (including phenoxy) is 1. The third-order valence-electron chi connectivity index (χ3n) is 3.82. The van der Waals surface area contributed by atoms with E-state index >= 15 is 0 Å². The van der Waals surface area contributed by atoms with Crippen molar-refractivity contribution in [2.75, 3.05) is 19.6 Å². The molecule has 1 aromatic rings. The highest BCUT2D eigenvalue weighted by Gasteiger charge is 2.37. The maximum absolute atomic E-state index is 11.9. The maximum atomic E-state index is 11.9. The summed E-state index contributed by atoms with van der Waals surface area (Å²) in [5.74, 6) is 0.653. The molecule has 2 N–H and O–H groups in total. The monoisotopic (exact) mass is 262 g/mol. The summed E-state index contributed by atoms with van der Waals surface area (Å²) in [4.78, 5) is 13.6. The number of phenolic OH excluding ortho intramolecular Hbond substituents is 1. The zero-order chi connectivity index (χ0) is 13.2. The second kappa shape index (κ2) is 5.09. The van der Waals surface area contributed by atoms with E-state index in [-0.39, 0.29) is 17.9 Å². The van der Waals surface area contributed by atoms with Crippen LogP contribution in [0.2, 0.25) is 0 Å². The molecule has 0 aliphatic carbocycles. The van der Waals surface area contributed by atoms with Gasteiger partial charge in [-0.2, -0.15) is 0 Å². The number of cyclic esters (lactones) is 1. The largest absolute Gasteiger partial charge is 0.508 e. The number of nitrogens with zero attached hydrogens (tertiary/aromatic N) is 1. The minimum absolute atomic E-state index is 0.000177. The van der Waals surface area contributed by atoms with Gasteiger partial charge in [0.25, 0.3) is 0 Å². The van der Waals surface area contributed by atoms with Gasteiger partial charge in [0.1, 0.15) is 11.9 Å². The van der Waals surface area contributed by atoms with Crippen molar-refractivity contribution in [1.82, 2.24) is 10.2 Å². The van der Waals surface area contributed by atoms with Gasteiger partial charge >= 0.3 is 6.09 Å². The summed E-state index contributed by atoms with van der Waals surface area (Å²) in [5.41, 5.74) is 0.919. The number of rotatable bonds is 3. The van der Waals surface area contributed by atoms with E-state index in [0.29, 0.717) is 19.0 Å². The van der Waals surface area contributed by atoms with Gasteiger partial charge in [0.2, 0.25) is 0 Å². The molecule has 0 spiro atoms. The quantitative estimate of drug-likeness (QED) is 0.862. The van der Waals surface area contributed by atoms with Crippen molar-refractivity contribution in [3.05, 3.63) is 29.8 Å². The Morgan fingerprint density at radius 3 is 3.11 bits per heavy atom. The molecule has 1 amide bonds. The van der Waals surface area contributed by atoms with Crippen molar-refractivity contribution in [3.8, 4) is 5.75 Å². The summed E-state index contributed by atoms with van der Waals surface area (Å²) in [7, 11) is 0. The Labute approximate surface area is 112 Å². The summed E-state index contributed by atoms with van der Waals surface area (Å²) in [6, 6.07) is 6.98. The van der Waals surface area contributed by atoms with Crippen LogP contribution in [0.15, 0.2) is 24.3 Å². The Kier molecular flexibility index (Phi) is 3.29. The Morgan fingerprint density at radius 1 is 1.47 bits per heavy atom. The standard InChI is InChI=1S/C14H18N2O3/c17-12-3-1-2-10(6-12)8-16-9-13(19-14(16)18)11-4-5-15-7-11/h1-3,6,11,13,15,17H,4-5,7-9H2. The Bertz CT molecular complexity index is 472. The van der Waals surface area contributed by atoms with Crippen molar-refractivity contribution in [2.24, 2.45) is 5.92 Å². The van der Waals surface area contributed by atoms with Gasteiger partial charge in [-0.1, -0.05) is 12.1 Å². The number of carbonyl (C=O) groups is 1. The molecule has 2 heterocycles. The summed E-state index contributed by atoms with van der Waals surface area (Å²) < 4.78 is 5.44. The lowest BCUT2D eigenvalue weighted by Gasteiger charge is -2.15. The van der Waals surface area contributed by atoms with E-state index in [1.807, 2.05) is 6.07 Å². The topological polar surface area (TPSA) is 61.8 Å². The van der Waals surface area contributed by atoms with Crippen molar-refractivity contribution < 1.29 is 14.6 Å². The lowest BCUT2D eigenvalue weighted by atomic mass is 10.0. The lowest BCUT2D eigenvalue weighted by Crippen LogP contribution is -2.28. The van der Waals surface area contributed by atoms with Crippen molar-refractivity contribution in [1.29, 1.82) is 0 Å². The molecule has 0 saturated carbocycles. The molecule has 2 unspecified atom stereocenters. The second-order valence-corrected chi connectivity index (χ2v) is 5.23. The maximum Gasteiger partial charge on any atom is 0.410 e. The van der Waals surface area contributed by atoms with E-state index in [1.165, 1.54) is 0 Å². The van der Waals surface area contributed by atoms with Gasteiger partial charge in [-0.3, -0.25) is 0 Å². The highest BCUT2D eigenvalue weighted by molar-refractivity contribution is 5.70. The molecule has 5 heteroatoms. The van der Waals surface area contributed by atoms with Crippen LogP contribution in [0.1, 0.15) is 12.0 Å². The number of carbonyl (C=O) groups excluding carboxylic acids is 1. The Hall–Kier alpha value is -1.75. The van der Waals surface area contributed by atoms with Gasteiger partial charge in [-0.25, -0.2) is 4.79 Å². The average molecular weight is 262 g/mol. The summed E-state index contributed by atoms with van der Waals surface area (Å²) in [6.07, 6.45) is 0.817. The molecule has 0 bridgehead atoms. The van der Waals surface area contributed by atoms with Crippen LogP contribution < -0.4 is 5.32 Å². The van der Waals surface area contributed by atoms with Crippen LogP contribution in [0.3, 0.4) is 0 Å². The minimum atomic E-state index is -0.250. The molecular formula is C14H18N2O3. The molecule has 2 fully saturated rings. The van der Waals surface area contributed by atoms with Crippen LogP contribution in [0, 0.1) is 5.92 Å². The van der Waals surface area contributed by atoms with Crippen molar-refractivity contribution >= 4 is 6.09 Å². The predicted octanol–water partition coefficient (Wildman–Crippen LogP) is 1.32. The van der Waals surface area contributed by atoms with Crippen LogP contribution in [0.4, 0.5) is 4.79 Å². The Balaban J connectivity index is 1.64. The molecular weight excluding hydrogens is 244 g/mol. The molecule has 0 aromatic heterocycles. The smallest absolute Gasteiger partial charge is 0.410 e. The normalized spacial score (nSPS) is 26.7. The van der Waals surface area contributed by atoms with Crippen molar-refractivity contribution in [2.45, 2.75) is 19.1 Å². The van der Waals surface area contributed by atoms with E-state index < -0.39 is 0 Å². The van der Waals surface area contributed by atoms with Crippen LogP contribution in [-0.4, -0.2) is 41.8 Å². The molecule has 0 radical (unpaired) electrons. The van der Waals surface area contributed by atoms with Crippen molar-refractivity contribution in [3.63, 3.8) is 0 Å². The summed E-state index contributed by atoms with van der Waals surface area (Å²) in [5, 5.41) is 12.7. The van der Waals surface area contributed by atoms with E-state index in [0.717, 1.165) is 25.1 Å². The predicted molar refractivity (Wildman–Crippen MR) is 69.8 cm³/mol. The first kappa shape index (κ1) is 12.3. The van der Waals surface area contributed by atoms with E-state index in [2.05, 4.69) is 5.32 Å². The molecule has 3 rings (SSSR count). The molecule has 19 heavy (non-hydrogen) atoms. The third-order valence-corrected chi connectivity index (χ3v) is 3.82. The zero-order valence-corrected chi connectivity index (χ0v) is 10.7. The minimum Gasteiger partial charge on any atom is -0.508 e. The number of phenols is 1. The van der Waals surface area contributed by atoms with Gasteiger partial charge in [0.05, 0.1) is 6.54 Å². The molecule has 2 atom stereocenters. The first-order valence-electron chi connectivity index (χ1n) is 6.66. The van der Waals surface area contributed by atoms with Gasteiger partial charge < -0.3 is 20.1 Å².